The van der Waals surface area contributed by atoms with Crippen molar-refractivity contribution in [1.82, 2.24) is 0 Å². The Labute approximate surface area is 143 Å². The molecule has 0 amide bonds. The van der Waals surface area contributed by atoms with Crippen LogP contribution in [-0.2, 0) is 10.1 Å². The Morgan fingerprint density at radius 2 is 1.22 bits per heavy atom. The fraction of sp³-hybridized carbons (Fsp3) is 1.00. The van der Waals surface area contributed by atoms with Gasteiger partial charge in [0.2, 0.25) is 0 Å². The molecule has 0 aromatic carbocycles. The summed E-state index contributed by atoms with van der Waals surface area (Å²) in [6.07, 6.45) is 13.2. The van der Waals surface area contributed by atoms with E-state index in [4.69, 9.17) is 0 Å². The normalized spacial score (nSPS) is 14.8. The number of aliphatic hydroxyl groups excluding tert-OH is 1. The van der Waals surface area contributed by atoms with E-state index >= 15 is 0 Å². The summed E-state index contributed by atoms with van der Waals surface area (Å²) in [7, 11) is -3.98. The molecule has 0 saturated carbocycles. The van der Waals surface area contributed by atoms with E-state index in [2.05, 4.69) is 6.92 Å². The van der Waals surface area contributed by atoms with Crippen molar-refractivity contribution in [2.24, 2.45) is 0 Å². The summed E-state index contributed by atoms with van der Waals surface area (Å²) in [6.45, 7) is 4.22. The summed E-state index contributed by atoms with van der Waals surface area (Å²) in [6, 6.07) is 0. The summed E-state index contributed by atoms with van der Waals surface area (Å²) in [5, 5.41) is 9.27. The van der Waals surface area contributed by atoms with E-state index in [1.54, 1.807) is 0 Å². The Morgan fingerprint density at radius 3 is 1.74 bits per heavy atom. The smallest absolute Gasteiger partial charge is 0.267 e. The highest BCUT2D eigenvalue weighted by atomic mass is 32.2. The molecule has 0 aliphatic heterocycles. The molecule has 2 N–H and O–H groups in total. The first kappa shape index (κ1) is 22.9. The van der Waals surface area contributed by atoms with Crippen LogP contribution in [0.25, 0.3) is 0 Å². The maximum Gasteiger partial charge on any atom is 0.267 e. The van der Waals surface area contributed by atoms with Gasteiger partial charge >= 0.3 is 0 Å². The maximum atomic E-state index is 11.3. The third-order valence-corrected chi connectivity index (χ3v) is 5.83. The Hall–Kier alpha value is -0.130. The maximum absolute atomic E-state index is 11.3. The highest BCUT2D eigenvalue weighted by Gasteiger charge is 2.23. The average molecular weight is 351 g/mol. The Kier molecular flexibility index (Phi) is 14.2. The third kappa shape index (κ3) is 14.0. The lowest BCUT2D eigenvalue weighted by atomic mass is 10.0. The predicted octanol–water partition coefficient (Wildman–Crippen LogP) is 5.10. The Bertz CT molecular complexity index is 354. The van der Waals surface area contributed by atoms with E-state index in [-0.39, 0.29) is 0 Å². The van der Waals surface area contributed by atoms with Crippen LogP contribution < -0.4 is 0 Å². The lowest BCUT2D eigenvalue weighted by Gasteiger charge is -2.16. The van der Waals surface area contributed by atoms with Crippen molar-refractivity contribution in [1.29, 1.82) is 0 Å². The summed E-state index contributed by atoms with van der Waals surface area (Å²) in [4.78, 5) is 0. The minimum absolute atomic E-state index is 0.358. The van der Waals surface area contributed by atoms with Gasteiger partial charge in [0.05, 0.1) is 11.4 Å². The Morgan fingerprint density at radius 1 is 0.696 bits per heavy atom. The van der Waals surface area contributed by atoms with Gasteiger partial charge < -0.3 is 5.11 Å². The van der Waals surface area contributed by atoms with Gasteiger partial charge in [0.1, 0.15) is 0 Å². The molecule has 0 aromatic heterocycles. The van der Waals surface area contributed by atoms with Crippen LogP contribution in [0.15, 0.2) is 0 Å². The van der Waals surface area contributed by atoms with Crippen LogP contribution in [0.3, 0.4) is 0 Å². The molecule has 4 nitrogen and oxygen atoms in total. The first-order valence-corrected chi connectivity index (χ1v) is 11.1. The molecule has 5 heteroatoms. The molecule has 0 radical (unpaired) electrons. The van der Waals surface area contributed by atoms with Crippen LogP contribution in [0, 0.1) is 0 Å². The zero-order valence-corrected chi connectivity index (χ0v) is 16.0. The molecule has 0 aliphatic rings. The minimum Gasteiger partial charge on any atom is -0.393 e. The van der Waals surface area contributed by atoms with E-state index in [1.807, 2.05) is 6.92 Å². The van der Waals surface area contributed by atoms with Crippen molar-refractivity contribution >= 4 is 10.1 Å². The lowest BCUT2D eigenvalue weighted by Crippen LogP contribution is -2.22. The largest absolute Gasteiger partial charge is 0.393 e. The van der Waals surface area contributed by atoms with Crippen molar-refractivity contribution in [3.8, 4) is 0 Å². The number of rotatable bonds is 16. The fourth-order valence-electron chi connectivity index (χ4n) is 2.91. The second-order valence-electron chi connectivity index (χ2n) is 6.77. The van der Waals surface area contributed by atoms with Crippen LogP contribution in [0.1, 0.15) is 104 Å². The molecule has 2 unspecified atom stereocenters. The molecule has 140 valence electrons. The molecule has 0 aromatic rings. The first-order valence-electron chi connectivity index (χ1n) is 9.56. The molecule has 0 rings (SSSR count). The monoisotopic (exact) mass is 350 g/mol. The summed E-state index contributed by atoms with van der Waals surface area (Å²) >= 11 is 0. The topological polar surface area (TPSA) is 74.6 Å². The van der Waals surface area contributed by atoms with Gasteiger partial charge in [0, 0.05) is 0 Å². The number of unbranched alkanes of at least 4 members (excludes halogenated alkanes) is 8. The van der Waals surface area contributed by atoms with Crippen molar-refractivity contribution < 1.29 is 18.1 Å². The fourth-order valence-corrected chi connectivity index (χ4v) is 3.81. The predicted molar refractivity (Wildman–Crippen MR) is 97.3 cm³/mol. The molecular formula is C18H38O4S. The van der Waals surface area contributed by atoms with Gasteiger partial charge in [-0.1, -0.05) is 78.1 Å². The first-order chi connectivity index (χ1) is 10.9. The third-order valence-electron chi connectivity index (χ3n) is 4.51. The van der Waals surface area contributed by atoms with E-state index in [1.165, 1.54) is 38.5 Å². The number of hydrogen-bond donors (Lipinski definition) is 2. The van der Waals surface area contributed by atoms with Gasteiger partial charge in [-0.3, -0.25) is 4.55 Å². The summed E-state index contributed by atoms with van der Waals surface area (Å²) in [5.74, 6) is 0. The van der Waals surface area contributed by atoms with E-state index in [9.17, 15) is 18.1 Å². The van der Waals surface area contributed by atoms with Crippen molar-refractivity contribution in [3.63, 3.8) is 0 Å². The highest BCUT2D eigenvalue weighted by Crippen LogP contribution is 2.18. The van der Waals surface area contributed by atoms with Crippen LogP contribution >= 0.6 is 0 Å². The molecule has 0 fully saturated rings. The molecule has 0 spiro atoms. The van der Waals surface area contributed by atoms with Gasteiger partial charge in [0.25, 0.3) is 10.1 Å². The zero-order valence-electron chi connectivity index (χ0n) is 15.2. The molecule has 0 heterocycles. The molecular weight excluding hydrogens is 312 g/mol. The van der Waals surface area contributed by atoms with E-state index < -0.39 is 21.5 Å². The van der Waals surface area contributed by atoms with Crippen LogP contribution in [0.5, 0.6) is 0 Å². The van der Waals surface area contributed by atoms with Gasteiger partial charge in [-0.05, 0) is 25.7 Å². The summed E-state index contributed by atoms with van der Waals surface area (Å²) < 4.78 is 31.9. The second kappa shape index (κ2) is 14.2. The molecule has 23 heavy (non-hydrogen) atoms. The van der Waals surface area contributed by atoms with Crippen molar-refractivity contribution in [3.05, 3.63) is 0 Å². The zero-order chi connectivity index (χ0) is 17.6. The number of aliphatic hydroxyl groups is 1. The highest BCUT2D eigenvalue weighted by molar-refractivity contribution is 7.86. The molecule has 0 saturated heterocycles. The SMILES string of the molecule is CCCCCCCCCCC(O)CCC(CCCC)S(=O)(=O)O. The molecule has 0 aliphatic carbocycles. The Balaban J connectivity index is 3.73. The van der Waals surface area contributed by atoms with E-state index in [0.29, 0.717) is 19.3 Å². The standard InChI is InChI=1S/C18H38O4S/c1-3-5-7-8-9-10-11-12-13-17(19)15-16-18(14-6-4-2)23(20,21)22/h17-19H,3-16H2,1-2H3,(H,20,21,22). The molecule has 0 bridgehead atoms. The van der Waals surface area contributed by atoms with Crippen molar-refractivity contribution in [2.75, 3.05) is 0 Å². The van der Waals surface area contributed by atoms with Gasteiger partial charge in [-0.25, -0.2) is 0 Å². The van der Waals surface area contributed by atoms with Crippen LogP contribution in [0.2, 0.25) is 0 Å². The average Bonchev–Trinajstić information content (AvgIpc) is 2.48. The summed E-state index contributed by atoms with van der Waals surface area (Å²) in [5.41, 5.74) is 0. The van der Waals surface area contributed by atoms with Crippen molar-refractivity contribution in [2.45, 2.75) is 115 Å². The van der Waals surface area contributed by atoms with Gasteiger partial charge in [-0.15, -0.1) is 0 Å². The lowest BCUT2D eigenvalue weighted by molar-refractivity contribution is 0.147. The van der Waals surface area contributed by atoms with Crippen LogP contribution in [0.4, 0.5) is 0 Å². The van der Waals surface area contributed by atoms with E-state index in [0.717, 1.165) is 32.1 Å². The van der Waals surface area contributed by atoms with Gasteiger partial charge in [-0.2, -0.15) is 8.42 Å². The molecule has 2 atom stereocenters. The minimum atomic E-state index is -3.98. The number of hydrogen-bond acceptors (Lipinski definition) is 3. The second-order valence-corrected chi connectivity index (χ2v) is 8.47. The van der Waals surface area contributed by atoms with Crippen LogP contribution in [-0.4, -0.2) is 29.4 Å². The van der Waals surface area contributed by atoms with Gasteiger partial charge in [0.15, 0.2) is 0 Å². The quantitative estimate of drug-likeness (QED) is 0.300.